The van der Waals surface area contributed by atoms with Crippen molar-refractivity contribution < 1.29 is 9.90 Å². The second-order valence-corrected chi connectivity index (χ2v) is 4.67. The highest BCUT2D eigenvalue weighted by molar-refractivity contribution is 5.88. The molecule has 0 unspecified atom stereocenters. The van der Waals surface area contributed by atoms with Crippen molar-refractivity contribution in [2.45, 2.75) is 32.1 Å². The van der Waals surface area contributed by atoms with Gasteiger partial charge in [0.05, 0.1) is 0 Å². The summed E-state index contributed by atoms with van der Waals surface area (Å²) < 4.78 is 0. The highest BCUT2D eigenvalue weighted by Gasteiger charge is 2.23. The molecule has 0 spiro atoms. The number of carboxylic acids is 1. The highest BCUT2D eigenvalue weighted by atomic mass is 16.4. The van der Waals surface area contributed by atoms with E-state index < -0.39 is 5.97 Å². The van der Waals surface area contributed by atoms with Gasteiger partial charge >= 0.3 is 5.97 Å². The molecule has 16 heavy (non-hydrogen) atoms. The zero-order chi connectivity index (χ0) is 11.1. The molecule has 0 aliphatic heterocycles. The molecular formula is C14H14O2. The second kappa shape index (κ2) is 3.48. The number of allylic oxidation sites excluding steroid dienone is 7. The minimum atomic E-state index is -0.789. The molecule has 0 saturated carbocycles. The fourth-order valence-electron chi connectivity index (χ4n) is 2.77. The van der Waals surface area contributed by atoms with E-state index in [1.807, 2.05) is 6.08 Å². The van der Waals surface area contributed by atoms with Crippen LogP contribution in [-0.2, 0) is 4.79 Å². The third kappa shape index (κ3) is 1.45. The number of fused-ring (bicyclic) bond motifs is 1. The normalized spacial score (nSPS) is 23.1. The first-order valence-electron chi connectivity index (χ1n) is 5.80. The van der Waals surface area contributed by atoms with E-state index in [-0.39, 0.29) is 0 Å². The van der Waals surface area contributed by atoms with Crippen LogP contribution >= 0.6 is 0 Å². The fourth-order valence-corrected chi connectivity index (χ4v) is 2.77. The lowest BCUT2D eigenvalue weighted by molar-refractivity contribution is -0.132. The van der Waals surface area contributed by atoms with Gasteiger partial charge in [0.25, 0.3) is 0 Å². The predicted molar refractivity (Wildman–Crippen MR) is 62.0 cm³/mol. The molecule has 3 rings (SSSR count). The van der Waals surface area contributed by atoms with Crippen LogP contribution in [0.2, 0.25) is 0 Å². The molecule has 3 aliphatic rings. The van der Waals surface area contributed by atoms with Crippen LogP contribution in [0.15, 0.2) is 46.1 Å². The summed E-state index contributed by atoms with van der Waals surface area (Å²) in [5, 5.41) is 8.98. The molecule has 0 radical (unpaired) electrons. The molecule has 2 nitrogen and oxygen atoms in total. The van der Waals surface area contributed by atoms with Gasteiger partial charge in [-0.15, -0.1) is 0 Å². The Balaban J connectivity index is 1.99. The maximum Gasteiger partial charge on any atom is 0.331 e. The zero-order valence-electron chi connectivity index (χ0n) is 9.12. The number of aliphatic carboxylic acids is 1. The molecule has 0 atom stereocenters. The van der Waals surface area contributed by atoms with Gasteiger partial charge in [0.15, 0.2) is 0 Å². The molecule has 82 valence electrons. The zero-order valence-corrected chi connectivity index (χ0v) is 9.12. The Bertz CT molecular complexity index is 487. The Kier molecular flexibility index (Phi) is 2.10. The molecule has 0 fully saturated rings. The Morgan fingerprint density at radius 3 is 2.94 bits per heavy atom. The van der Waals surface area contributed by atoms with E-state index in [1.54, 1.807) is 5.57 Å². The van der Waals surface area contributed by atoms with Gasteiger partial charge in [-0.2, -0.15) is 0 Å². The van der Waals surface area contributed by atoms with E-state index >= 15 is 0 Å². The average Bonchev–Trinajstić information content (AvgIpc) is 2.71. The lowest BCUT2D eigenvalue weighted by Crippen LogP contribution is -2.08. The Hall–Kier alpha value is -1.57. The molecule has 0 saturated heterocycles. The van der Waals surface area contributed by atoms with E-state index in [4.69, 9.17) is 5.11 Å². The Labute approximate surface area is 94.7 Å². The summed E-state index contributed by atoms with van der Waals surface area (Å²) >= 11 is 0. The predicted octanol–water partition coefficient (Wildman–Crippen LogP) is 3.14. The third-order valence-electron chi connectivity index (χ3n) is 3.66. The van der Waals surface area contributed by atoms with Gasteiger partial charge in [0.1, 0.15) is 0 Å². The van der Waals surface area contributed by atoms with Gasteiger partial charge in [-0.3, -0.25) is 0 Å². The van der Waals surface area contributed by atoms with Gasteiger partial charge < -0.3 is 5.11 Å². The first-order valence-corrected chi connectivity index (χ1v) is 5.80. The summed E-state index contributed by atoms with van der Waals surface area (Å²) in [7, 11) is 0. The Morgan fingerprint density at radius 1 is 1.25 bits per heavy atom. The van der Waals surface area contributed by atoms with E-state index in [0.717, 1.165) is 12.0 Å². The van der Waals surface area contributed by atoms with Crippen LogP contribution in [0.4, 0.5) is 0 Å². The second-order valence-electron chi connectivity index (χ2n) is 4.67. The highest BCUT2D eigenvalue weighted by Crippen LogP contribution is 2.40. The van der Waals surface area contributed by atoms with Crippen molar-refractivity contribution in [3.8, 4) is 0 Å². The fraction of sp³-hybridized carbons (Fsp3) is 0.357. The van der Waals surface area contributed by atoms with E-state index in [1.165, 1.54) is 30.4 Å². The van der Waals surface area contributed by atoms with Crippen molar-refractivity contribution in [1.82, 2.24) is 0 Å². The molecule has 0 aromatic carbocycles. The summed E-state index contributed by atoms with van der Waals surface area (Å²) in [5.74, 6) is -0.789. The first-order chi connectivity index (χ1) is 7.74. The minimum Gasteiger partial charge on any atom is -0.478 e. The van der Waals surface area contributed by atoms with Gasteiger partial charge in [-0.25, -0.2) is 4.79 Å². The maximum absolute atomic E-state index is 10.9. The molecule has 0 heterocycles. The standard InChI is InChI=1S/C14H14O2/c15-14(16)12-5-4-11-6-9-2-1-3-10(9)7-13(11)8-12/h4,7-8H,1-3,5-6H2,(H,15,16). The number of rotatable bonds is 1. The van der Waals surface area contributed by atoms with Crippen molar-refractivity contribution in [3.63, 3.8) is 0 Å². The van der Waals surface area contributed by atoms with Crippen LogP contribution in [0.25, 0.3) is 0 Å². The van der Waals surface area contributed by atoms with Crippen LogP contribution in [0, 0.1) is 0 Å². The summed E-state index contributed by atoms with van der Waals surface area (Å²) in [4.78, 5) is 10.9. The molecule has 0 amide bonds. The third-order valence-corrected chi connectivity index (χ3v) is 3.66. The molecule has 3 aliphatic carbocycles. The number of carboxylic acid groups (broad SMARTS) is 1. The van der Waals surface area contributed by atoms with Crippen LogP contribution < -0.4 is 0 Å². The van der Waals surface area contributed by atoms with E-state index in [0.29, 0.717) is 12.0 Å². The topological polar surface area (TPSA) is 37.3 Å². The van der Waals surface area contributed by atoms with Crippen molar-refractivity contribution in [2.75, 3.05) is 0 Å². The lowest BCUT2D eigenvalue weighted by Gasteiger charge is -2.21. The summed E-state index contributed by atoms with van der Waals surface area (Å²) in [6, 6.07) is 0. The van der Waals surface area contributed by atoms with E-state index in [2.05, 4.69) is 12.2 Å². The summed E-state index contributed by atoms with van der Waals surface area (Å²) in [5.41, 5.74) is 5.99. The first kappa shape index (κ1) is 9.64. The van der Waals surface area contributed by atoms with Gasteiger partial charge in [0, 0.05) is 5.57 Å². The molecule has 0 bridgehead atoms. The summed E-state index contributed by atoms with van der Waals surface area (Å²) in [6.45, 7) is 0. The molecule has 0 aromatic heterocycles. The smallest absolute Gasteiger partial charge is 0.331 e. The maximum atomic E-state index is 10.9. The van der Waals surface area contributed by atoms with Crippen LogP contribution in [0.3, 0.4) is 0 Å². The van der Waals surface area contributed by atoms with Gasteiger partial charge in [-0.05, 0) is 54.9 Å². The molecule has 2 heteroatoms. The van der Waals surface area contributed by atoms with Crippen molar-refractivity contribution >= 4 is 5.97 Å². The SMILES string of the molecule is O=C(O)C1=CC2=CC3=C(CCC3)CC2=CC1. The monoisotopic (exact) mass is 214 g/mol. The van der Waals surface area contributed by atoms with Gasteiger partial charge in [0.2, 0.25) is 0 Å². The minimum absolute atomic E-state index is 0.511. The van der Waals surface area contributed by atoms with Crippen LogP contribution in [-0.4, -0.2) is 11.1 Å². The van der Waals surface area contributed by atoms with Gasteiger partial charge in [-0.1, -0.05) is 17.7 Å². The van der Waals surface area contributed by atoms with Crippen LogP contribution in [0.1, 0.15) is 32.1 Å². The van der Waals surface area contributed by atoms with Crippen molar-refractivity contribution in [2.24, 2.45) is 0 Å². The molecule has 0 aromatic rings. The summed E-state index contributed by atoms with van der Waals surface area (Å²) in [6.07, 6.45) is 11.4. The van der Waals surface area contributed by atoms with Crippen molar-refractivity contribution in [3.05, 3.63) is 46.1 Å². The quantitative estimate of drug-likeness (QED) is 0.728. The Morgan fingerprint density at radius 2 is 2.12 bits per heavy atom. The average molecular weight is 214 g/mol. The largest absolute Gasteiger partial charge is 0.478 e. The van der Waals surface area contributed by atoms with E-state index in [9.17, 15) is 4.79 Å². The van der Waals surface area contributed by atoms with Crippen molar-refractivity contribution in [1.29, 1.82) is 0 Å². The number of carbonyl (C=O) groups is 1. The number of hydrogen-bond acceptors (Lipinski definition) is 1. The van der Waals surface area contributed by atoms with Crippen LogP contribution in [0.5, 0.6) is 0 Å². The lowest BCUT2D eigenvalue weighted by atomic mass is 9.84. The molecule has 1 N–H and O–H groups in total. The number of hydrogen-bond donors (Lipinski definition) is 1. The molecular weight excluding hydrogens is 200 g/mol.